The van der Waals surface area contributed by atoms with Crippen molar-refractivity contribution in [2.45, 2.75) is 44.7 Å². The van der Waals surface area contributed by atoms with E-state index in [9.17, 15) is 4.79 Å². The zero-order chi connectivity index (χ0) is 20.9. The Kier molecular flexibility index (Phi) is 4.36. The van der Waals surface area contributed by atoms with Gasteiger partial charge in [0.2, 0.25) is 5.71 Å². The van der Waals surface area contributed by atoms with Gasteiger partial charge < -0.3 is 10.2 Å². The molecule has 5 nitrogen and oxygen atoms in total. The molecule has 5 rings (SSSR count). The van der Waals surface area contributed by atoms with E-state index in [1.54, 1.807) is 10.9 Å². The van der Waals surface area contributed by atoms with Gasteiger partial charge in [0.1, 0.15) is 17.5 Å². The Morgan fingerprint density at radius 1 is 1.03 bits per heavy atom. The minimum Gasteiger partial charge on any atom is -0.437 e. The average Bonchev–Trinajstić information content (AvgIpc) is 3.13. The molecule has 0 radical (unpaired) electrons. The van der Waals surface area contributed by atoms with Crippen LogP contribution in [-0.4, -0.2) is 9.55 Å². The fourth-order valence-electron chi connectivity index (χ4n) is 4.26. The molecule has 1 fully saturated rings. The topological polar surface area (TPSA) is 74.1 Å². The summed E-state index contributed by atoms with van der Waals surface area (Å²) in [5, 5.41) is 0.519. The maximum atomic E-state index is 13.3. The predicted molar refractivity (Wildman–Crippen MR) is 119 cm³/mol. The molecule has 0 atom stereocenters. The molecular weight excluding hydrogens is 374 g/mol. The normalized spacial score (nSPS) is 15.5. The van der Waals surface area contributed by atoms with Crippen LogP contribution < -0.4 is 11.3 Å². The molecule has 30 heavy (non-hydrogen) atoms. The average molecular weight is 399 g/mol. The van der Waals surface area contributed by atoms with E-state index in [2.05, 4.69) is 17.1 Å². The third kappa shape index (κ3) is 2.89. The van der Waals surface area contributed by atoms with Crippen molar-refractivity contribution in [2.75, 3.05) is 0 Å². The molecule has 0 bridgehead atoms. The highest BCUT2D eigenvalue weighted by molar-refractivity contribution is 5.99. The highest BCUT2D eigenvalue weighted by Gasteiger charge is 2.34. The Bertz CT molecular complexity index is 1260. The molecule has 152 valence electrons. The number of aromatic nitrogens is 2. The van der Waals surface area contributed by atoms with Crippen LogP contribution in [0.4, 0.5) is 0 Å². The molecule has 1 aliphatic rings. The van der Waals surface area contributed by atoms with E-state index < -0.39 is 0 Å². The van der Waals surface area contributed by atoms with Crippen LogP contribution in [0.15, 0.2) is 70.1 Å². The lowest BCUT2D eigenvalue weighted by molar-refractivity contribution is 0.253. The quantitative estimate of drug-likeness (QED) is 0.509. The van der Waals surface area contributed by atoms with Gasteiger partial charge in [0.15, 0.2) is 0 Å². The molecule has 0 saturated heterocycles. The van der Waals surface area contributed by atoms with E-state index in [0.717, 1.165) is 35.1 Å². The maximum absolute atomic E-state index is 13.3. The molecule has 5 heteroatoms. The van der Waals surface area contributed by atoms with Gasteiger partial charge in [-0.25, -0.2) is 4.98 Å². The predicted octanol–water partition coefficient (Wildman–Crippen LogP) is 5.24. The maximum Gasteiger partial charge on any atom is 0.265 e. The molecule has 1 saturated carbocycles. The third-order valence-electron chi connectivity index (χ3n) is 6.22. The van der Waals surface area contributed by atoms with E-state index in [1.165, 1.54) is 6.42 Å². The fraction of sp³-hybridized carbons (Fsp3) is 0.280. The van der Waals surface area contributed by atoms with Crippen LogP contribution in [0.1, 0.15) is 44.7 Å². The summed E-state index contributed by atoms with van der Waals surface area (Å²) in [5.74, 6) is 0.661. The first kappa shape index (κ1) is 18.8. The smallest absolute Gasteiger partial charge is 0.265 e. The van der Waals surface area contributed by atoms with Crippen molar-refractivity contribution in [3.8, 4) is 22.5 Å². The molecular formula is C25H25N3O2. The van der Waals surface area contributed by atoms with Gasteiger partial charge in [-0.05, 0) is 44.2 Å². The number of benzene rings is 2. The molecule has 2 N–H and O–H groups in total. The fourth-order valence-corrected chi connectivity index (χ4v) is 4.26. The molecule has 0 amide bonds. The Balaban J connectivity index is 1.74. The summed E-state index contributed by atoms with van der Waals surface area (Å²) in [4.78, 5) is 17.7. The number of fused-ring (bicyclic) bond motifs is 1. The SMILES string of the molecule is CC(C)n1cnc2oc(-c3ccc(C4(N)CCC4)cc3)c(-c3ccccc3)c2c1=O. The Hall–Kier alpha value is -3.18. The summed E-state index contributed by atoms with van der Waals surface area (Å²) in [7, 11) is 0. The molecule has 2 heterocycles. The molecule has 2 aromatic heterocycles. The Labute approximate surface area is 175 Å². The molecule has 0 aliphatic heterocycles. The minimum atomic E-state index is -0.207. The highest BCUT2D eigenvalue weighted by atomic mass is 16.3. The van der Waals surface area contributed by atoms with E-state index in [4.69, 9.17) is 10.2 Å². The standard InChI is InChI=1S/C25H25N3O2/c1-16(2)28-15-27-23-21(24(28)29)20(17-7-4-3-5-8-17)22(30-23)18-9-11-19(12-10-18)25(26)13-6-14-25/h3-5,7-12,15-16H,6,13-14,26H2,1-2H3. The second-order valence-corrected chi connectivity index (χ2v) is 8.49. The zero-order valence-corrected chi connectivity index (χ0v) is 17.3. The van der Waals surface area contributed by atoms with Crippen LogP contribution in [0.5, 0.6) is 0 Å². The number of hydrogen-bond acceptors (Lipinski definition) is 4. The van der Waals surface area contributed by atoms with Gasteiger partial charge in [-0.3, -0.25) is 9.36 Å². The molecule has 4 aromatic rings. The van der Waals surface area contributed by atoms with E-state index in [0.29, 0.717) is 16.9 Å². The second-order valence-electron chi connectivity index (χ2n) is 8.49. The highest BCUT2D eigenvalue weighted by Crippen LogP contribution is 2.42. The van der Waals surface area contributed by atoms with E-state index >= 15 is 0 Å². The first-order valence-corrected chi connectivity index (χ1v) is 10.5. The van der Waals surface area contributed by atoms with Crippen LogP contribution in [0, 0.1) is 0 Å². The van der Waals surface area contributed by atoms with Gasteiger partial charge in [0, 0.05) is 22.7 Å². The monoisotopic (exact) mass is 399 g/mol. The van der Waals surface area contributed by atoms with Gasteiger partial charge in [0.25, 0.3) is 5.56 Å². The summed E-state index contributed by atoms with van der Waals surface area (Å²) in [6, 6.07) is 18.1. The van der Waals surface area contributed by atoms with Gasteiger partial charge in [-0.2, -0.15) is 0 Å². The lowest BCUT2D eigenvalue weighted by Gasteiger charge is -2.38. The second kappa shape index (κ2) is 6.96. The van der Waals surface area contributed by atoms with Crippen molar-refractivity contribution >= 4 is 11.1 Å². The number of nitrogens with two attached hydrogens (primary N) is 1. The number of hydrogen-bond donors (Lipinski definition) is 1. The lowest BCUT2D eigenvalue weighted by atomic mass is 9.72. The van der Waals surface area contributed by atoms with Crippen molar-refractivity contribution in [1.29, 1.82) is 0 Å². The van der Waals surface area contributed by atoms with E-state index in [-0.39, 0.29) is 17.1 Å². The van der Waals surface area contributed by atoms with Crippen LogP contribution in [-0.2, 0) is 5.54 Å². The van der Waals surface area contributed by atoms with Gasteiger partial charge in [-0.15, -0.1) is 0 Å². The summed E-state index contributed by atoms with van der Waals surface area (Å²) in [6.45, 7) is 3.94. The molecule has 0 spiro atoms. The molecule has 2 aromatic carbocycles. The minimum absolute atomic E-state index is 0.0128. The zero-order valence-electron chi connectivity index (χ0n) is 17.3. The first-order chi connectivity index (χ1) is 14.5. The van der Waals surface area contributed by atoms with Crippen LogP contribution in [0.2, 0.25) is 0 Å². The third-order valence-corrected chi connectivity index (χ3v) is 6.22. The van der Waals surface area contributed by atoms with Crippen molar-refractivity contribution in [1.82, 2.24) is 9.55 Å². The molecule has 0 unspecified atom stereocenters. The largest absolute Gasteiger partial charge is 0.437 e. The van der Waals surface area contributed by atoms with Crippen LogP contribution in [0.3, 0.4) is 0 Å². The summed E-state index contributed by atoms with van der Waals surface area (Å²) in [5.41, 5.74) is 10.3. The summed E-state index contributed by atoms with van der Waals surface area (Å²) < 4.78 is 7.81. The van der Waals surface area contributed by atoms with Gasteiger partial charge in [-0.1, -0.05) is 54.6 Å². The summed E-state index contributed by atoms with van der Waals surface area (Å²) in [6.07, 6.45) is 4.78. The first-order valence-electron chi connectivity index (χ1n) is 10.5. The Morgan fingerprint density at radius 2 is 1.73 bits per heavy atom. The van der Waals surface area contributed by atoms with Crippen LogP contribution in [0.25, 0.3) is 33.6 Å². The number of furan rings is 1. The number of rotatable bonds is 4. The van der Waals surface area contributed by atoms with Gasteiger partial charge in [0.05, 0.1) is 0 Å². The number of nitrogens with zero attached hydrogens (tertiary/aromatic N) is 2. The van der Waals surface area contributed by atoms with Crippen molar-refractivity contribution in [3.63, 3.8) is 0 Å². The molecule has 1 aliphatic carbocycles. The van der Waals surface area contributed by atoms with Gasteiger partial charge >= 0.3 is 0 Å². The van der Waals surface area contributed by atoms with Crippen molar-refractivity contribution in [2.24, 2.45) is 5.73 Å². The van der Waals surface area contributed by atoms with Crippen LogP contribution >= 0.6 is 0 Å². The Morgan fingerprint density at radius 3 is 2.33 bits per heavy atom. The van der Waals surface area contributed by atoms with Crippen molar-refractivity contribution < 1.29 is 4.42 Å². The van der Waals surface area contributed by atoms with Crippen molar-refractivity contribution in [3.05, 3.63) is 76.8 Å². The lowest BCUT2D eigenvalue weighted by Crippen LogP contribution is -2.43. The summed E-state index contributed by atoms with van der Waals surface area (Å²) >= 11 is 0. The van der Waals surface area contributed by atoms with E-state index in [1.807, 2.05) is 56.3 Å².